The van der Waals surface area contributed by atoms with Crippen LogP contribution in [-0.2, 0) is 4.79 Å². The topological polar surface area (TPSA) is 49.3 Å². The lowest BCUT2D eigenvalue weighted by Gasteiger charge is -2.25. The van der Waals surface area contributed by atoms with Crippen LogP contribution in [0.15, 0.2) is 0 Å². The fourth-order valence-corrected chi connectivity index (χ4v) is 1.60. The number of rotatable bonds is 7. The minimum absolute atomic E-state index is 0.0278. The molecule has 0 aromatic heterocycles. The van der Waals surface area contributed by atoms with Crippen LogP contribution < -0.4 is 5.32 Å². The van der Waals surface area contributed by atoms with Crippen molar-refractivity contribution in [1.82, 2.24) is 5.32 Å². The van der Waals surface area contributed by atoms with Gasteiger partial charge in [0.25, 0.3) is 0 Å². The zero-order valence-corrected chi connectivity index (χ0v) is 11.3. The Morgan fingerprint density at radius 2 is 1.75 bits per heavy atom. The van der Waals surface area contributed by atoms with Crippen LogP contribution in [0, 0.1) is 11.3 Å². The van der Waals surface area contributed by atoms with Crippen molar-refractivity contribution in [2.45, 2.75) is 60.0 Å². The summed E-state index contributed by atoms with van der Waals surface area (Å²) in [6, 6.07) is 0. The average molecular weight is 229 g/mol. The van der Waals surface area contributed by atoms with Crippen LogP contribution in [0.5, 0.6) is 0 Å². The molecule has 0 saturated heterocycles. The third kappa shape index (κ3) is 4.52. The van der Waals surface area contributed by atoms with Crippen LogP contribution in [0.25, 0.3) is 0 Å². The van der Waals surface area contributed by atoms with Gasteiger partial charge >= 0.3 is 0 Å². The average Bonchev–Trinajstić information content (AvgIpc) is 2.27. The molecule has 0 aliphatic rings. The van der Waals surface area contributed by atoms with Gasteiger partial charge in [0.05, 0.1) is 6.10 Å². The maximum Gasteiger partial charge on any atom is 0.225 e. The molecule has 0 spiro atoms. The molecule has 0 radical (unpaired) electrons. The Morgan fingerprint density at radius 3 is 2.12 bits per heavy atom. The van der Waals surface area contributed by atoms with Gasteiger partial charge in [0, 0.05) is 12.0 Å². The standard InChI is InChI=1S/C13H27NO2/c1-6-10(7-2)11(15)9-14-12(16)13(4,5)8-3/h10-11,15H,6-9H2,1-5H3,(H,14,16). The van der Waals surface area contributed by atoms with Gasteiger partial charge in [0.1, 0.15) is 0 Å². The zero-order chi connectivity index (χ0) is 12.8. The fraction of sp³-hybridized carbons (Fsp3) is 0.923. The predicted octanol–water partition coefficient (Wildman–Crippen LogP) is 2.34. The molecule has 0 rings (SSSR count). The quantitative estimate of drug-likeness (QED) is 0.704. The smallest absolute Gasteiger partial charge is 0.225 e. The monoisotopic (exact) mass is 229 g/mol. The Kier molecular flexibility index (Phi) is 6.65. The maximum absolute atomic E-state index is 11.8. The van der Waals surface area contributed by atoms with Crippen molar-refractivity contribution >= 4 is 5.91 Å². The molecule has 1 amide bonds. The molecule has 3 nitrogen and oxygen atoms in total. The Hall–Kier alpha value is -0.570. The third-order valence-corrected chi connectivity index (χ3v) is 3.56. The summed E-state index contributed by atoms with van der Waals surface area (Å²) >= 11 is 0. The minimum Gasteiger partial charge on any atom is -0.391 e. The molecule has 16 heavy (non-hydrogen) atoms. The van der Waals surface area contributed by atoms with E-state index in [0.717, 1.165) is 19.3 Å². The molecule has 0 fully saturated rings. The summed E-state index contributed by atoms with van der Waals surface area (Å²) in [6.07, 6.45) is 2.28. The van der Waals surface area contributed by atoms with Crippen LogP contribution in [0.4, 0.5) is 0 Å². The van der Waals surface area contributed by atoms with E-state index in [4.69, 9.17) is 0 Å². The highest BCUT2D eigenvalue weighted by Gasteiger charge is 2.26. The number of aliphatic hydroxyl groups excluding tert-OH is 1. The van der Waals surface area contributed by atoms with Crippen LogP contribution in [-0.4, -0.2) is 23.7 Å². The number of amides is 1. The van der Waals surface area contributed by atoms with Gasteiger partial charge in [-0.15, -0.1) is 0 Å². The molecule has 1 atom stereocenters. The maximum atomic E-state index is 11.8. The van der Waals surface area contributed by atoms with Gasteiger partial charge in [-0.3, -0.25) is 4.79 Å². The van der Waals surface area contributed by atoms with Crippen molar-refractivity contribution in [3.05, 3.63) is 0 Å². The lowest BCUT2D eigenvalue weighted by Crippen LogP contribution is -2.42. The lowest BCUT2D eigenvalue weighted by atomic mass is 9.89. The van der Waals surface area contributed by atoms with Crippen molar-refractivity contribution in [1.29, 1.82) is 0 Å². The van der Waals surface area contributed by atoms with Gasteiger partial charge in [-0.25, -0.2) is 0 Å². The molecule has 0 saturated carbocycles. The molecule has 3 heteroatoms. The molecule has 96 valence electrons. The van der Waals surface area contributed by atoms with Crippen molar-refractivity contribution < 1.29 is 9.90 Å². The van der Waals surface area contributed by atoms with E-state index in [-0.39, 0.29) is 17.2 Å². The summed E-state index contributed by atoms with van der Waals surface area (Å²) in [5.74, 6) is 0.310. The number of aliphatic hydroxyl groups is 1. The first-order valence-electron chi connectivity index (χ1n) is 6.35. The Bertz CT molecular complexity index is 210. The number of hydrogen-bond acceptors (Lipinski definition) is 2. The molecular weight excluding hydrogens is 202 g/mol. The molecule has 0 aliphatic carbocycles. The van der Waals surface area contributed by atoms with Crippen molar-refractivity contribution in [2.75, 3.05) is 6.54 Å². The Balaban J connectivity index is 4.10. The first-order chi connectivity index (χ1) is 7.38. The zero-order valence-electron chi connectivity index (χ0n) is 11.3. The SMILES string of the molecule is CCC(CC)C(O)CNC(=O)C(C)(C)CC. The Morgan fingerprint density at radius 1 is 1.25 bits per heavy atom. The van der Waals surface area contributed by atoms with Gasteiger partial charge in [-0.05, 0) is 12.3 Å². The summed E-state index contributed by atoms with van der Waals surface area (Å²) in [5, 5.41) is 12.7. The molecular formula is C13H27NO2. The van der Waals surface area contributed by atoms with E-state index < -0.39 is 6.10 Å². The van der Waals surface area contributed by atoms with Gasteiger partial charge in [-0.2, -0.15) is 0 Å². The van der Waals surface area contributed by atoms with Crippen LogP contribution in [0.2, 0.25) is 0 Å². The van der Waals surface area contributed by atoms with Crippen LogP contribution in [0.1, 0.15) is 53.9 Å². The second kappa shape index (κ2) is 6.89. The lowest BCUT2D eigenvalue weighted by molar-refractivity contribution is -0.130. The molecule has 0 aromatic carbocycles. The molecule has 0 aromatic rings. The van der Waals surface area contributed by atoms with E-state index in [0.29, 0.717) is 6.54 Å². The van der Waals surface area contributed by atoms with Crippen molar-refractivity contribution in [3.8, 4) is 0 Å². The fourth-order valence-electron chi connectivity index (χ4n) is 1.60. The first kappa shape index (κ1) is 15.4. The summed E-state index contributed by atoms with van der Waals surface area (Å²) in [5.41, 5.74) is -0.340. The van der Waals surface area contributed by atoms with Gasteiger partial charge in [0.15, 0.2) is 0 Å². The van der Waals surface area contributed by atoms with E-state index in [1.54, 1.807) is 0 Å². The molecule has 2 N–H and O–H groups in total. The van der Waals surface area contributed by atoms with E-state index >= 15 is 0 Å². The van der Waals surface area contributed by atoms with Crippen LogP contribution in [0.3, 0.4) is 0 Å². The summed E-state index contributed by atoms with van der Waals surface area (Å²) < 4.78 is 0. The molecule has 1 unspecified atom stereocenters. The highest BCUT2D eigenvalue weighted by molar-refractivity contribution is 5.81. The number of carbonyl (C=O) groups is 1. The minimum atomic E-state index is -0.424. The largest absolute Gasteiger partial charge is 0.391 e. The summed E-state index contributed by atoms with van der Waals surface area (Å²) in [6.45, 7) is 10.3. The molecule has 0 aliphatic heterocycles. The number of nitrogens with one attached hydrogen (secondary N) is 1. The highest BCUT2D eigenvalue weighted by atomic mass is 16.3. The van der Waals surface area contributed by atoms with E-state index in [2.05, 4.69) is 19.2 Å². The second-order valence-corrected chi connectivity index (χ2v) is 5.09. The summed E-state index contributed by atoms with van der Waals surface area (Å²) in [7, 11) is 0. The second-order valence-electron chi connectivity index (χ2n) is 5.09. The number of hydrogen-bond donors (Lipinski definition) is 2. The van der Waals surface area contributed by atoms with Gasteiger partial charge in [0.2, 0.25) is 5.91 Å². The van der Waals surface area contributed by atoms with E-state index in [9.17, 15) is 9.90 Å². The Labute approximate surface area is 99.6 Å². The first-order valence-corrected chi connectivity index (χ1v) is 6.35. The highest BCUT2D eigenvalue weighted by Crippen LogP contribution is 2.19. The third-order valence-electron chi connectivity index (χ3n) is 3.56. The van der Waals surface area contributed by atoms with Crippen LogP contribution >= 0.6 is 0 Å². The van der Waals surface area contributed by atoms with Crippen molar-refractivity contribution in [2.24, 2.45) is 11.3 Å². The normalized spacial score (nSPS) is 13.9. The van der Waals surface area contributed by atoms with Crippen molar-refractivity contribution in [3.63, 3.8) is 0 Å². The van der Waals surface area contributed by atoms with Gasteiger partial charge < -0.3 is 10.4 Å². The van der Waals surface area contributed by atoms with E-state index in [1.807, 2.05) is 20.8 Å². The predicted molar refractivity (Wildman–Crippen MR) is 67.2 cm³/mol. The number of carbonyl (C=O) groups excluding carboxylic acids is 1. The summed E-state index contributed by atoms with van der Waals surface area (Å²) in [4.78, 5) is 11.8. The molecule has 0 heterocycles. The van der Waals surface area contributed by atoms with E-state index in [1.165, 1.54) is 0 Å². The van der Waals surface area contributed by atoms with Gasteiger partial charge in [-0.1, -0.05) is 47.5 Å². The molecule has 0 bridgehead atoms.